The fraction of sp³-hybridized carbons (Fsp3) is 0.500. The molecule has 1 aromatic heterocycles. The van der Waals surface area contributed by atoms with E-state index in [1.54, 1.807) is 11.0 Å². The quantitative estimate of drug-likeness (QED) is 0.771. The fourth-order valence-electron chi connectivity index (χ4n) is 2.31. The maximum Gasteiger partial charge on any atom is 0.225 e. The summed E-state index contributed by atoms with van der Waals surface area (Å²) in [5, 5.41) is 6.73. The molecule has 1 fully saturated rings. The van der Waals surface area contributed by atoms with E-state index < -0.39 is 0 Å². The van der Waals surface area contributed by atoms with Crippen LogP contribution in [-0.4, -0.2) is 47.9 Å². The van der Waals surface area contributed by atoms with Crippen LogP contribution in [0.2, 0.25) is 10.0 Å². The molecule has 6 nitrogen and oxygen atoms in total. The summed E-state index contributed by atoms with van der Waals surface area (Å²) in [6, 6.07) is 1.60. The number of rotatable bonds is 6. The van der Waals surface area contributed by atoms with Crippen molar-refractivity contribution in [2.45, 2.75) is 13.3 Å². The predicted molar refractivity (Wildman–Crippen MR) is 86.1 cm³/mol. The maximum absolute atomic E-state index is 12.0. The molecule has 0 saturated carbocycles. The maximum atomic E-state index is 12.0. The molecule has 0 radical (unpaired) electrons. The second kappa shape index (κ2) is 7.65. The lowest BCUT2D eigenvalue weighted by Gasteiger charge is -2.14. The molecule has 0 spiro atoms. The van der Waals surface area contributed by atoms with Gasteiger partial charge in [-0.1, -0.05) is 23.2 Å². The largest absolute Gasteiger partial charge is 0.367 e. The predicted octanol–water partition coefficient (Wildman–Crippen LogP) is 1.78. The minimum Gasteiger partial charge on any atom is -0.367 e. The minimum atomic E-state index is -0.260. The van der Waals surface area contributed by atoms with Crippen molar-refractivity contribution in [2.24, 2.45) is 5.92 Å². The van der Waals surface area contributed by atoms with E-state index in [2.05, 4.69) is 15.6 Å². The number of pyridine rings is 1. The number of hydrogen-bond donors (Lipinski definition) is 2. The van der Waals surface area contributed by atoms with E-state index >= 15 is 0 Å². The number of anilines is 1. The third-order valence-electron chi connectivity index (χ3n) is 3.49. The molecule has 120 valence electrons. The molecule has 0 aromatic carbocycles. The number of carbonyl (C=O) groups is 2. The molecule has 2 rings (SSSR count). The molecule has 0 aliphatic carbocycles. The standard InChI is InChI=1S/C14H18Cl2N4O2/c1-2-20-8-9(5-12(20)21)14(22)18-4-3-17-13-11(16)6-10(15)7-19-13/h6-7,9H,2-5,8H2,1H3,(H,17,19)(H,18,22)/t9-/m1/s1. The summed E-state index contributed by atoms with van der Waals surface area (Å²) < 4.78 is 0. The first-order valence-corrected chi connectivity index (χ1v) is 7.87. The zero-order valence-electron chi connectivity index (χ0n) is 12.2. The van der Waals surface area contributed by atoms with Crippen molar-refractivity contribution in [3.05, 3.63) is 22.3 Å². The first-order valence-electron chi connectivity index (χ1n) is 7.11. The Kier molecular flexibility index (Phi) is 5.85. The molecule has 8 heteroatoms. The van der Waals surface area contributed by atoms with E-state index in [0.717, 1.165) is 0 Å². The van der Waals surface area contributed by atoms with Crippen molar-refractivity contribution in [1.29, 1.82) is 0 Å². The Morgan fingerprint density at radius 1 is 1.45 bits per heavy atom. The highest BCUT2D eigenvalue weighted by Crippen LogP contribution is 2.22. The van der Waals surface area contributed by atoms with Gasteiger partial charge in [-0.2, -0.15) is 0 Å². The van der Waals surface area contributed by atoms with Crippen molar-refractivity contribution in [3.8, 4) is 0 Å². The van der Waals surface area contributed by atoms with Gasteiger partial charge in [0, 0.05) is 38.8 Å². The van der Waals surface area contributed by atoms with Crippen LogP contribution >= 0.6 is 23.2 Å². The number of likely N-dealkylation sites (tertiary alicyclic amines) is 1. The molecule has 1 aliphatic heterocycles. The van der Waals surface area contributed by atoms with Crippen LogP contribution in [0.4, 0.5) is 5.82 Å². The van der Waals surface area contributed by atoms with Gasteiger partial charge in [0.15, 0.2) is 0 Å². The van der Waals surface area contributed by atoms with E-state index in [0.29, 0.717) is 42.0 Å². The van der Waals surface area contributed by atoms with Crippen LogP contribution in [0.1, 0.15) is 13.3 Å². The van der Waals surface area contributed by atoms with Crippen LogP contribution in [0.15, 0.2) is 12.3 Å². The fourth-order valence-corrected chi connectivity index (χ4v) is 2.76. The van der Waals surface area contributed by atoms with Crippen LogP contribution in [0, 0.1) is 5.92 Å². The van der Waals surface area contributed by atoms with Gasteiger partial charge in [-0.25, -0.2) is 4.98 Å². The lowest BCUT2D eigenvalue weighted by Crippen LogP contribution is -2.35. The van der Waals surface area contributed by atoms with Gasteiger partial charge in [0.1, 0.15) is 5.82 Å². The number of carbonyl (C=O) groups excluding carboxylic acids is 2. The molecule has 0 bridgehead atoms. The minimum absolute atomic E-state index is 0.0397. The SMILES string of the molecule is CCN1C[C@H](C(=O)NCCNc2ncc(Cl)cc2Cl)CC1=O. The Labute approximate surface area is 139 Å². The summed E-state index contributed by atoms with van der Waals surface area (Å²) in [5.74, 6) is 0.206. The number of hydrogen-bond acceptors (Lipinski definition) is 4. The zero-order valence-corrected chi connectivity index (χ0v) is 13.7. The van der Waals surface area contributed by atoms with Crippen molar-refractivity contribution in [3.63, 3.8) is 0 Å². The second-order valence-corrected chi connectivity index (χ2v) is 5.88. The zero-order chi connectivity index (χ0) is 16.1. The summed E-state index contributed by atoms with van der Waals surface area (Å²) in [7, 11) is 0. The summed E-state index contributed by atoms with van der Waals surface area (Å²) in [6.07, 6.45) is 1.79. The summed E-state index contributed by atoms with van der Waals surface area (Å²) >= 11 is 11.7. The lowest BCUT2D eigenvalue weighted by molar-refractivity contribution is -0.128. The summed E-state index contributed by atoms with van der Waals surface area (Å²) in [4.78, 5) is 29.4. The monoisotopic (exact) mass is 344 g/mol. The summed E-state index contributed by atoms with van der Waals surface area (Å²) in [6.45, 7) is 3.96. The average molecular weight is 345 g/mol. The van der Waals surface area contributed by atoms with Gasteiger partial charge in [0.25, 0.3) is 0 Å². The van der Waals surface area contributed by atoms with E-state index in [4.69, 9.17) is 23.2 Å². The Bertz CT molecular complexity index is 568. The molecule has 22 heavy (non-hydrogen) atoms. The first kappa shape index (κ1) is 16.8. The molecular formula is C14H18Cl2N4O2. The number of halogens is 2. The molecule has 2 N–H and O–H groups in total. The third kappa shape index (κ3) is 4.24. The Balaban J connectivity index is 1.72. The van der Waals surface area contributed by atoms with Gasteiger partial charge in [-0.3, -0.25) is 9.59 Å². The summed E-state index contributed by atoms with van der Waals surface area (Å²) in [5.41, 5.74) is 0. The highest BCUT2D eigenvalue weighted by Gasteiger charge is 2.32. The Morgan fingerprint density at radius 2 is 2.23 bits per heavy atom. The number of aromatic nitrogens is 1. The first-order chi connectivity index (χ1) is 10.5. The molecule has 1 aromatic rings. The number of nitrogens with zero attached hydrogens (tertiary/aromatic N) is 2. The highest BCUT2D eigenvalue weighted by molar-refractivity contribution is 6.35. The Hall–Kier alpha value is -1.53. The van der Waals surface area contributed by atoms with Crippen molar-refractivity contribution >= 4 is 40.8 Å². The third-order valence-corrected chi connectivity index (χ3v) is 3.99. The molecule has 2 heterocycles. The van der Waals surface area contributed by atoms with Crippen LogP contribution in [0.5, 0.6) is 0 Å². The normalized spacial score (nSPS) is 17.7. The number of amides is 2. The molecule has 2 amide bonds. The van der Waals surface area contributed by atoms with Gasteiger partial charge in [0.05, 0.1) is 16.0 Å². The molecule has 1 aliphatic rings. The van der Waals surface area contributed by atoms with Gasteiger partial charge < -0.3 is 15.5 Å². The molecule has 0 unspecified atom stereocenters. The Morgan fingerprint density at radius 3 is 2.86 bits per heavy atom. The van der Waals surface area contributed by atoms with Gasteiger partial charge in [0.2, 0.25) is 11.8 Å². The van der Waals surface area contributed by atoms with Crippen LogP contribution in [0.25, 0.3) is 0 Å². The van der Waals surface area contributed by atoms with Gasteiger partial charge >= 0.3 is 0 Å². The number of nitrogens with one attached hydrogen (secondary N) is 2. The van der Waals surface area contributed by atoms with Gasteiger partial charge in [-0.05, 0) is 13.0 Å². The highest BCUT2D eigenvalue weighted by atomic mass is 35.5. The van der Waals surface area contributed by atoms with E-state index in [-0.39, 0.29) is 24.2 Å². The molecule has 1 saturated heterocycles. The van der Waals surface area contributed by atoms with E-state index in [1.807, 2.05) is 6.92 Å². The lowest BCUT2D eigenvalue weighted by atomic mass is 10.1. The van der Waals surface area contributed by atoms with E-state index in [9.17, 15) is 9.59 Å². The van der Waals surface area contributed by atoms with E-state index in [1.165, 1.54) is 6.20 Å². The van der Waals surface area contributed by atoms with Crippen molar-refractivity contribution in [2.75, 3.05) is 31.5 Å². The van der Waals surface area contributed by atoms with Crippen molar-refractivity contribution < 1.29 is 9.59 Å². The van der Waals surface area contributed by atoms with Gasteiger partial charge in [-0.15, -0.1) is 0 Å². The average Bonchev–Trinajstić information content (AvgIpc) is 2.86. The van der Waals surface area contributed by atoms with Crippen LogP contribution in [-0.2, 0) is 9.59 Å². The van der Waals surface area contributed by atoms with Crippen molar-refractivity contribution in [1.82, 2.24) is 15.2 Å². The second-order valence-electron chi connectivity index (χ2n) is 5.04. The molecular weight excluding hydrogens is 327 g/mol. The smallest absolute Gasteiger partial charge is 0.225 e. The molecule has 1 atom stereocenters. The van der Waals surface area contributed by atoms with Crippen LogP contribution < -0.4 is 10.6 Å². The van der Waals surface area contributed by atoms with Crippen LogP contribution in [0.3, 0.4) is 0 Å². The topological polar surface area (TPSA) is 74.3 Å².